The third-order valence-corrected chi connectivity index (χ3v) is 4.38. The van der Waals surface area contributed by atoms with Gasteiger partial charge in [-0.05, 0) is 23.3 Å². The fraction of sp³-hybridized carbons (Fsp3) is 0.0556. The summed E-state index contributed by atoms with van der Waals surface area (Å²) in [4.78, 5) is 0.615. The molecule has 3 aromatic rings. The van der Waals surface area contributed by atoms with Crippen LogP contribution < -0.4 is 10.5 Å². The monoisotopic (exact) mass is 306 g/mol. The Bertz CT molecular complexity index is 847. The first-order valence-electron chi connectivity index (χ1n) is 6.76. The smallest absolute Gasteiger partial charge is 0.119 e. The first kappa shape index (κ1) is 14.2. The number of hydrogen-bond acceptors (Lipinski definition) is 4. The van der Waals surface area contributed by atoms with Crippen LogP contribution in [-0.2, 0) is 0 Å². The topological polar surface area (TPSA) is 59.0 Å². The van der Waals surface area contributed by atoms with E-state index in [1.807, 2.05) is 54.6 Å². The van der Waals surface area contributed by atoms with E-state index in [0.29, 0.717) is 9.88 Å². The summed E-state index contributed by atoms with van der Waals surface area (Å²) in [6, 6.07) is 19.9. The van der Waals surface area contributed by atoms with Crippen molar-refractivity contribution in [3.63, 3.8) is 0 Å². The van der Waals surface area contributed by atoms with E-state index in [4.69, 9.17) is 10.5 Å². The predicted octanol–water partition coefficient (Wildman–Crippen LogP) is 4.54. The highest BCUT2D eigenvalue weighted by molar-refractivity contribution is 7.17. The molecule has 4 heteroatoms. The van der Waals surface area contributed by atoms with Crippen LogP contribution in [0.25, 0.3) is 22.3 Å². The quantitative estimate of drug-likeness (QED) is 0.772. The maximum Gasteiger partial charge on any atom is 0.119 e. The van der Waals surface area contributed by atoms with Crippen LogP contribution in [0.5, 0.6) is 5.75 Å². The Morgan fingerprint density at radius 3 is 2.41 bits per heavy atom. The van der Waals surface area contributed by atoms with E-state index in [1.165, 1.54) is 11.3 Å². The summed E-state index contributed by atoms with van der Waals surface area (Å²) in [5, 5.41) is 10.1. The number of thiophene rings is 1. The second kappa shape index (κ2) is 5.92. The van der Waals surface area contributed by atoms with Gasteiger partial charge in [0.15, 0.2) is 0 Å². The number of benzene rings is 2. The van der Waals surface area contributed by atoms with E-state index in [0.717, 1.165) is 28.0 Å². The molecule has 0 unspecified atom stereocenters. The van der Waals surface area contributed by atoms with Gasteiger partial charge in [0.1, 0.15) is 16.7 Å². The number of rotatable bonds is 3. The van der Waals surface area contributed by atoms with E-state index in [2.05, 4.69) is 6.07 Å². The van der Waals surface area contributed by atoms with Gasteiger partial charge in [-0.2, -0.15) is 5.26 Å². The predicted molar refractivity (Wildman–Crippen MR) is 90.9 cm³/mol. The molecule has 0 aliphatic carbocycles. The molecular formula is C18H14N2OS. The molecule has 0 aliphatic rings. The van der Waals surface area contributed by atoms with Crippen molar-refractivity contribution in [3.8, 4) is 34.1 Å². The van der Waals surface area contributed by atoms with Gasteiger partial charge < -0.3 is 10.5 Å². The Labute approximate surface area is 133 Å². The zero-order valence-electron chi connectivity index (χ0n) is 12.0. The van der Waals surface area contributed by atoms with Crippen LogP contribution in [0.3, 0.4) is 0 Å². The molecule has 3 nitrogen and oxygen atoms in total. The Kier molecular flexibility index (Phi) is 3.82. The number of ether oxygens (including phenoxy) is 1. The van der Waals surface area contributed by atoms with Crippen molar-refractivity contribution in [2.75, 3.05) is 12.8 Å². The third kappa shape index (κ3) is 2.43. The van der Waals surface area contributed by atoms with Crippen molar-refractivity contribution in [2.45, 2.75) is 0 Å². The molecule has 0 aliphatic heterocycles. The molecule has 108 valence electrons. The van der Waals surface area contributed by atoms with Gasteiger partial charge in [-0.25, -0.2) is 0 Å². The number of anilines is 1. The summed E-state index contributed by atoms with van der Waals surface area (Å²) in [7, 11) is 1.63. The lowest BCUT2D eigenvalue weighted by molar-refractivity contribution is 0.415. The molecule has 1 aromatic heterocycles. The molecule has 0 atom stereocenters. The fourth-order valence-electron chi connectivity index (χ4n) is 2.47. The standard InChI is InChI=1S/C18H14N2OS/c1-21-14-9-5-8-13(10-14)16-15(11-19)22-18(20)17(16)12-6-3-2-4-7-12/h2-10H,20H2,1H3. The van der Waals surface area contributed by atoms with Gasteiger partial charge in [0.2, 0.25) is 0 Å². The van der Waals surface area contributed by atoms with Gasteiger partial charge in [-0.1, -0.05) is 42.5 Å². The van der Waals surface area contributed by atoms with Gasteiger partial charge in [-0.15, -0.1) is 11.3 Å². The zero-order valence-corrected chi connectivity index (χ0v) is 12.9. The zero-order chi connectivity index (χ0) is 15.5. The Balaban J connectivity index is 2.28. The Morgan fingerprint density at radius 2 is 1.73 bits per heavy atom. The second-order valence-electron chi connectivity index (χ2n) is 4.76. The molecule has 22 heavy (non-hydrogen) atoms. The minimum absolute atomic E-state index is 0.615. The molecule has 0 saturated carbocycles. The summed E-state index contributed by atoms with van der Waals surface area (Å²) >= 11 is 1.32. The number of nitrogens with two attached hydrogens (primary N) is 1. The van der Waals surface area contributed by atoms with Crippen molar-refractivity contribution >= 4 is 16.3 Å². The first-order valence-corrected chi connectivity index (χ1v) is 7.58. The molecule has 0 amide bonds. The van der Waals surface area contributed by atoms with Crippen LogP contribution in [0, 0.1) is 11.3 Å². The van der Waals surface area contributed by atoms with E-state index in [-0.39, 0.29) is 0 Å². The van der Waals surface area contributed by atoms with Crippen LogP contribution in [-0.4, -0.2) is 7.11 Å². The number of nitriles is 1. The maximum atomic E-state index is 9.46. The summed E-state index contributed by atoms with van der Waals surface area (Å²) in [6.45, 7) is 0. The van der Waals surface area contributed by atoms with Crippen molar-refractivity contribution in [1.29, 1.82) is 5.26 Å². The van der Waals surface area contributed by atoms with Crippen molar-refractivity contribution < 1.29 is 4.74 Å². The Hall–Kier alpha value is -2.77. The molecule has 1 heterocycles. The lowest BCUT2D eigenvalue weighted by Gasteiger charge is -2.08. The lowest BCUT2D eigenvalue weighted by Crippen LogP contribution is -1.88. The number of nitrogen functional groups attached to an aromatic ring is 1. The summed E-state index contributed by atoms with van der Waals surface area (Å²) in [5.41, 5.74) is 9.92. The highest BCUT2D eigenvalue weighted by Gasteiger charge is 2.19. The summed E-state index contributed by atoms with van der Waals surface area (Å²) in [6.07, 6.45) is 0. The van der Waals surface area contributed by atoms with E-state index in [9.17, 15) is 5.26 Å². The third-order valence-electron chi connectivity index (χ3n) is 3.46. The van der Waals surface area contributed by atoms with Gasteiger partial charge in [0.05, 0.1) is 12.1 Å². The molecular weight excluding hydrogens is 292 g/mol. The van der Waals surface area contributed by atoms with Crippen LogP contribution in [0.15, 0.2) is 54.6 Å². The second-order valence-corrected chi connectivity index (χ2v) is 5.81. The van der Waals surface area contributed by atoms with Gasteiger partial charge in [-0.3, -0.25) is 0 Å². The average molecular weight is 306 g/mol. The first-order chi connectivity index (χ1) is 10.7. The van der Waals surface area contributed by atoms with Crippen molar-refractivity contribution in [3.05, 3.63) is 59.5 Å². The summed E-state index contributed by atoms with van der Waals surface area (Å²) in [5.74, 6) is 0.755. The SMILES string of the molecule is COc1cccc(-c2c(C#N)sc(N)c2-c2ccccc2)c1. The molecule has 0 radical (unpaired) electrons. The molecule has 2 aromatic carbocycles. The van der Waals surface area contributed by atoms with Crippen LogP contribution >= 0.6 is 11.3 Å². The molecule has 0 fully saturated rings. The van der Waals surface area contributed by atoms with E-state index >= 15 is 0 Å². The number of hydrogen-bond donors (Lipinski definition) is 1. The van der Waals surface area contributed by atoms with E-state index < -0.39 is 0 Å². The highest BCUT2D eigenvalue weighted by Crippen LogP contribution is 2.45. The van der Waals surface area contributed by atoms with Crippen LogP contribution in [0.4, 0.5) is 5.00 Å². The molecule has 2 N–H and O–H groups in total. The van der Waals surface area contributed by atoms with Crippen LogP contribution in [0.2, 0.25) is 0 Å². The fourth-order valence-corrected chi connectivity index (χ4v) is 3.38. The van der Waals surface area contributed by atoms with Gasteiger partial charge in [0.25, 0.3) is 0 Å². The number of nitrogens with zero attached hydrogens (tertiary/aromatic N) is 1. The molecule has 0 bridgehead atoms. The molecule has 0 saturated heterocycles. The van der Waals surface area contributed by atoms with E-state index in [1.54, 1.807) is 7.11 Å². The molecule has 0 spiro atoms. The lowest BCUT2D eigenvalue weighted by atomic mass is 9.96. The van der Waals surface area contributed by atoms with Gasteiger partial charge >= 0.3 is 0 Å². The average Bonchev–Trinajstić information content (AvgIpc) is 2.92. The van der Waals surface area contributed by atoms with Crippen molar-refractivity contribution in [2.24, 2.45) is 0 Å². The van der Waals surface area contributed by atoms with Gasteiger partial charge in [0, 0.05) is 11.1 Å². The van der Waals surface area contributed by atoms with Crippen molar-refractivity contribution in [1.82, 2.24) is 0 Å². The highest BCUT2D eigenvalue weighted by atomic mass is 32.1. The minimum Gasteiger partial charge on any atom is -0.497 e. The Morgan fingerprint density at radius 1 is 1.00 bits per heavy atom. The maximum absolute atomic E-state index is 9.46. The summed E-state index contributed by atoms with van der Waals surface area (Å²) < 4.78 is 5.29. The normalized spacial score (nSPS) is 10.2. The number of methoxy groups -OCH3 is 1. The molecule has 3 rings (SSSR count). The largest absolute Gasteiger partial charge is 0.497 e. The minimum atomic E-state index is 0.615. The van der Waals surface area contributed by atoms with Crippen LogP contribution in [0.1, 0.15) is 4.88 Å².